The van der Waals surface area contributed by atoms with Gasteiger partial charge in [0.15, 0.2) is 0 Å². The van der Waals surface area contributed by atoms with Crippen molar-refractivity contribution < 1.29 is 0 Å². The summed E-state index contributed by atoms with van der Waals surface area (Å²) in [4.78, 5) is 11.2. The lowest BCUT2D eigenvalue weighted by molar-refractivity contribution is 0.337. The maximum atomic E-state index is 6.14. The van der Waals surface area contributed by atoms with Gasteiger partial charge in [0.25, 0.3) is 0 Å². The summed E-state index contributed by atoms with van der Waals surface area (Å²) in [6, 6.07) is 1.89. The first-order valence-corrected chi connectivity index (χ1v) is 8.16. The minimum absolute atomic E-state index is 0.309. The Kier molecular flexibility index (Phi) is 3.89. The maximum absolute atomic E-state index is 6.14. The monoisotopic (exact) mass is 293 g/mol. The SMILES string of the molecule is CC(C)c1nc(Cl)cc(N(C)CC2CC3CCC2C3)n1. The van der Waals surface area contributed by atoms with Crippen LogP contribution in [0.2, 0.25) is 5.15 Å². The summed E-state index contributed by atoms with van der Waals surface area (Å²) in [5, 5.41) is 0.554. The second kappa shape index (κ2) is 5.51. The molecule has 2 bridgehead atoms. The second-order valence-corrected chi connectivity index (χ2v) is 7.26. The van der Waals surface area contributed by atoms with Crippen LogP contribution in [0.15, 0.2) is 6.07 Å². The predicted molar refractivity (Wildman–Crippen MR) is 83.3 cm³/mol. The largest absolute Gasteiger partial charge is 0.359 e. The molecular weight excluding hydrogens is 270 g/mol. The highest BCUT2D eigenvalue weighted by Gasteiger charge is 2.39. The van der Waals surface area contributed by atoms with Crippen LogP contribution in [0.5, 0.6) is 0 Å². The van der Waals surface area contributed by atoms with Crippen molar-refractivity contribution in [3.05, 3.63) is 17.0 Å². The summed E-state index contributed by atoms with van der Waals surface area (Å²) >= 11 is 6.14. The van der Waals surface area contributed by atoms with Gasteiger partial charge in [0.1, 0.15) is 16.8 Å². The molecule has 0 spiro atoms. The molecule has 1 heterocycles. The first-order valence-electron chi connectivity index (χ1n) is 7.78. The molecule has 0 N–H and O–H groups in total. The molecule has 0 saturated heterocycles. The van der Waals surface area contributed by atoms with Gasteiger partial charge in [-0.1, -0.05) is 31.9 Å². The van der Waals surface area contributed by atoms with Gasteiger partial charge in [-0.15, -0.1) is 0 Å². The number of hydrogen-bond acceptors (Lipinski definition) is 3. The molecule has 3 unspecified atom stereocenters. The number of hydrogen-bond donors (Lipinski definition) is 0. The highest BCUT2D eigenvalue weighted by Crippen LogP contribution is 2.48. The molecule has 4 heteroatoms. The lowest BCUT2D eigenvalue weighted by atomic mass is 9.88. The highest BCUT2D eigenvalue weighted by atomic mass is 35.5. The van der Waals surface area contributed by atoms with E-state index in [0.29, 0.717) is 11.1 Å². The van der Waals surface area contributed by atoms with Crippen LogP contribution in [-0.4, -0.2) is 23.6 Å². The quantitative estimate of drug-likeness (QED) is 0.782. The van der Waals surface area contributed by atoms with Crippen LogP contribution in [0.3, 0.4) is 0 Å². The smallest absolute Gasteiger partial charge is 0.135 e. The zero-order valence-corrected chi connectivity index (χ0v) is 13.4. The second-order valence-electron chi connectivity index (χ2n) is 6.88. The van der Waals surface area contributed by atoms with Gasteiger partial charge in [-0.25, -0.2) is 9.97 Å². The van der Waals surface area contributed by atoms with Gasteiger partial charge in [0, 0.05) is 25.6 Å². The lowest BCUT2D eigenvalue weighted by Crippen LogP contribution is -2.29. The van der Waals surface area contributed by atoms with Crippen molar-refractivity contribution in [1.82, 2.24) is 9.97 Å². The van der Waals surface area contributed by atoms with Crippen LogP contribution >= 0.6 is 11.6 Å². The third-order valence-electron chi connectivity index (χ3n) is 5.00. The van der Waals surface area contributed by atoms with Crippen molar-refractivity contribution in [2.45, 2.75) is 45.4 Å². The van der Waals surface area contributed by atoms with Crippen LogP contribution < -0.4 is 4.90 Å². The summed E-state index contributed by atoms with van der Waals surface area (Å²) < 4.78 is 0. The lowest BCUT2D eigenvalue weighted by Gasteiger charge is -2.28. The molecule has 1 aromatic rings. The highest BCUT2D eigenvalue weighted by molar-refractivity contribution is 6.29. The number of halogens is 1. The van der Waals surface area contributed by atoms with E-state index in [4.69, 9.17) is 11.6 Å². The van der Waals surface area contributed by atoms with Crippen molar-refractivity contribution in [3.8, 4) is 0 Å². The van der Waals surface area contributed by atoms with E-state index in [2.05, 4.69) is 35.8 Å². The molecule has 2 aliphatic rings. The summed E-state index contributed by atoms with van der Waals surface area (Å²) in [6.45, 7) is 5.31. The molecule has 2 saturated carbocycles. The van der Waals surface area contributed by atoms with Crippen LogP contribution in [0.25, 0.3) is 0 Å². The van der Waals surface area contributed by atoms with E-state index in [-0.39, 0.29) is 0 Å². The molecule has 3 atom stereocenters. The minimum atomic E-state index is 0.309. The van der Waals surface area contributed by atoms with Gasteiger partial charge < -0.3 is 4.90 Å². The first kappa shape index (κ1) is 14.1. The zero-order valence-electron chi connectivity index (χ0n) is 12.6. The van der Waals surface area contributed by atoms with Gasteiger partial charge in [0.2, 0.25) is 0 Å². The number of rotatable bonds is 4. The normalized spacial score (nSPS) is 28.4. The Bertz CT molecular complexity index is 489. The van der Waals surface area contributed by atoms with Crippen LogP contribution in [0.4, 0.5) is 5.82 Å². The summed E-state index contributed by atoms with van der Waals surface area (Å²) in [7, 11) is 2.13. The van der Waals surface area contributed by atoms with Crippen molar-refractivity contribution >= 4 is 17.4 Å². The molecule has 2 aliphatic carbocycles. The Labute approximate surface area is 126 Å². The van der Waals surface area contributed by atoms with E-state index in [9.17, 15) is 0 Å². The molecular formula is C16H24ClN3. The predicted octanol–water partition coefficient (Wildman–Crippen LogP) is 4.13. The van der Waals surface area contributed by atoms with Crippen molar-refractivity contribution in [3.63, 3.8) is 0 Å². The fourth-order valence-electron chi connectivity index (χ4n) is 3.92. The Balaban J connectivity index is 1.72. The van der Waals surface area contributed by atoms with Crippen molar-refractivity contribution in [2.24, 2.45) is 17.8 Å². The van der Waals surface area contributed by atoms with Gasteiger partial charge in [0.05, 0.1) is 0 Å². The number of nitrogens with zero attached hydrogens (tertiary/aromatic N) is 3. The summed E-state index contributed by atoms with van der Waals surface area (Å²) in [6.07, 6.45) is 5.76. The first-order chi connectivity index (χ1) is 9.52. The summed E-state index contributed by atoms with van der Waals surface area (Å²) in [5.41, 5.74) is 0. The number of aromatic nitrogens is 2. The Morgan fingerprint density at radius 2 is 2.10 bits per heavy atom. The Morgan fingerprint density at radius 1 is 1.30 bits per heavy atom. The van der Waals surface area contributed by atoms with Crippen molar-refractivity contribution in [1.29, 1.82) is 0 Å². The fourth-order valence-corrected chi connectivity index (χ4v) is 4.11. The Hall–Kier alpha value is -0.830. The van der Waals surface area contributed by atoms with Gasteiger partial charge >= 0.3 is 0 Å². The third-order valence-corrected chi connectivity index (χ3v) is 5.19. The van der Waals surface area contributed by atoms with Gasteiger partial charge in [-0.05, 0) is 37.0 Å². The molecule has 3 nitrogen and oxygen atoms in total. The van der Waals surface area contributed by atoms with E-state index >= 15 is 0 Å². The number of anilines is 1. The molecule has 0 aromatic carbocycles. The molecule has 2 fully saturated rings. The molecule has 0 aliphatic heterocycles. The van der Waals surface area contributed by atoms with Crippen LogP contribution in [0, 0.1) is 17.8 Å². The maximum Gasteiger partial charge on any atom is 0.135 e. The fraction of sp³-hybridized carbons (Fsp3) is 0.750. The van der Waals surface area contributed by atoms with E-state index < -0.39 is 0 Å². The molecule has 110 valence electrons. The minimum Gasteiger partial charge on any atom is -0.359 e. The molecule has 0 amide bonds. The molecule has 1 aromatic heterocycles. The summed E-state index contributed by atoms with van der Waals surface area (Å²) in [5.74, 6) is 4.91. The topological polar surface area (TPSA) is 29.0 Å². The molecule has 3 rings (SSSR count). The number of fused-ring (bicyclic) bond motifs is 2. The van der Waals surface area contributed by atoms with Crippen LogP contribution in [-0.2, 0) is 0 Å². The van der Waals surface area contributed by atoms with E-state index in [1.54, 1.807) is 0 Å². The average molecular weight is 294 g/mol. The van der Waals surface area contributed by atoms with Crippen molar-refractivity contribution in [2.75, 3.05) is 18.5 Å². The zero-order chi connectivity index (χ0) is 14.3. The van der Waals surface area contributed by atoms with Gasteiger partial charge in [-0.2, -0.15) is 0 Å². The van der Waals surface area contributed by atoms with E-state index in [0.717, 1.165) is 35.9 Å². The average Bonchev–Trinajstić information content (AvgIpc) is 3.00. The molecule has 0 radical (unpaired) electrons. The van der Waals surface area contributed by atoms with Gasteiger partial charge in [-0.3, -0.25) is 0 Å². The van der Waals surface area contributed by atoms with Crippen LogP contribution in [0.1, 0.15) is 51.3 Å². The Morgan fingerprint density at radius 3 is 2.70 bits per heavy atom. The standard InChI is InChI=1S/C16H24ClN3/c1-10(2)16-18-14(17)8-15(19-16)20(3)9-13-7-11-4-5-12(13)6-11/h8,10-13H,4-7,9H2,1-3H3. The molecule has 20 heavy (non-hydrogen) atoms. The third kappa shape index (κ3) is 2.78. The van der Waals surface area contributed by atoms with E-state index in [1.807, 2.05) is 6.07 Å². The van der Waals surface area contributed by atoms with E-state index in [1.165, 1.54) is 25.7 Å².